The Balaban J connectivity index is 2.11. The summed E-state index contributed by atoms with van der Waals surface area (Å²) in [5, 5.41) is 9.25. The Bertz CT molecular complexity index is 573. The number of aromatic hydroxyl groups is 1. The summed E-state index contributed by atoms with van der Waals surface area (Å²) in [4.78, 5) is 14.3. The fraction of sp³-hybridized carbons (Fsp3) is 0.235. The number of phenolic OH excluding ortho intramolecular Hbond substituents is 1. The van der Waals surface area contributed by atoms with Gasteiger partial charge in [0.25, 0.3) is 0 Å². The van der Waals surface area contributed by atoms with Crippen molar-refractivity contribution in [1.29, 1.82) is 0 Å². The van der Waals surface area contributed by atoms with Crippen LogP contribution in [0.1, 0.15) is 22.8 Å². The number of anilines is 1. The number of likely N-dealkylation sites (N-methyl/N-ethyl adjacent to an activating group) is 1. The topological polar surface area (TPSA) is 40.5 Å². The van der Waals surface area contributed by atoms with Gasteiger partial charge in [-0.1, -0.05) is 17.7 Å². The maximum atomic E-state index is 12.2. The SMILES string of the molecule is CCN(CC(=O)c1ccc(O)cc1)c1ccc(C)cc1. The number of ketones is 1. The van der Waals surface area contributed by atoms with Gasteiger partial charge in [0.2, 0.25) is 0 Å². The van der Waals surface area contributed by atoms with Gasteiger partial charge in [-0.05, 0) is 50.2 Å². The van der Waals surface area contributed by atoms with Gasteiger partial charge in [-0.25, -0.2) is 0 Å². The molecule has 0 bridgehead atoms. The molecule has 0 atom stereocenters. The molecule has 2 aromatic rings. The van der Waals surface area contributed by atoms with Crippen molar-refractivity contribution in [3.8, 4) is 5.75 Å². The van der Waals surface area contributed by atoms with Gasteiger partial charge >= 0.3 is 0 Å². The third kappa shape index (κ3) is 3.38. The molecule has 0 aliphatic carbocycles. The number of carbonyl (C=O) groups excluding carboxylic acids is 1. The zero-order valence-corrected chi connectivity index (χ0v) is 11.8. The number of carbonyl (C=O) groups is 1. The first-order chi connectivity index (χ1) is 9.60. The average Bonchev–Trinajstić information content (AvgIpc) is 2.46. The van der Waals surface area contributed by atoms with E-state index in [1.807, 2.05) is 43.0 Å². The summed E-state index contributed by atoms with van der Waals surface area (Å²) in [5.41, 5.74) is 2.87. The molecule has 0 aliphatic rings. The number of rotatable bonds is 5. The first kappa shape index (κ1) is 14.1. The molecular weight excluding hydrogens is 250 g/mol. The van der Waals surface area contributed by atoms with E-state index < -0.39 is 0 Å². The summed E-state index contributed by atoms with van der Waals surface area (Å²) >= 11 is 0. The quantitative estimate of drug-likeness (QED) is 0.846. The Kier molecular flexibility index (Phi) is 4.41. The number of aryl methyl sites for hydroxylation is 1. The van der Waals surface area contributed by atoms with Crippen LogP contribution in [0.2, 0.25) is 0 Å². The second-order valence-corrected chi connectivity index (χ2v) is 4.82. The molecule has 20 heavy (non-hydrogen) atoms. The average molecular weight is 269 g/mol. The molecule has 0 amide bonds. The summed E-state index contributed by atoms with van der Waals surface area (Å²) in [7, 11) is 0. The largest absolute Gasteiger partial charge is 0.508 e. The normalized spacial score (nSPS) is 10.3. The van der Waals surface area contributed by atoms with Crippen LogP contribution in [-0.4, -0.2) is 24.0 Å². The van der Waals surface area contributed by atoms with Gasteiger partial charge in [-0.15, -0.1) is 0 Å². The summed E-state index contributed by atoms with van der Waals surface area (Å²) < 4.78 is 0. The van der Waals surface area contributed by atoms with E-state index >= 15 is 0 Å². The predicted molar refractivity (Wildman–Crippen MR) is 81.5 cm³/mol. The Morgan fingerprint density at radius 2 is 1.65 bits per heavy atom. The molecule has 0 aromatic heterocycles. The van der Waals surface area contributed by atoms with Gasteiger partial charge in [0, 0.05) is 17.8 Å². The van der Waals surface area contributed by atoms with E-state index in [9.17, 15) is 9.90 Å². The second-order valence-electron chi connectivity index (χ2n) is 4.82. The molecule has 0 aliphatic heterocycles. The first-order valence-electron chi connectivity index (χ1n) is 6.74. The van der Waals surface area contributed by atoms with Crippen LogP contribution in [0, 0.1) is 6.92 Å². The first-order valence-corrected chi connectivity index (χ1v) is 6.74. The highest BCUT2D eigenvalue weighted by molar-refractivity contribution is 5.99. The fourth-order valence-electron chi connectivity index (χ4n) is 2.05. The van der Waals surface area contributed by atoms with Crippen molar-refractivity contribution >= 4 is 11.5 Å². The van der Waals surface area contributed by atoms with Crippen molar-refractivity contribution in [1.82, 2.24) is 0 Å². The lowest BCUT2D eigenvalue weighted by molar-refractivity contribution is 0.0999. The zero-order valence-electron chi connectivity index (χ0n) is 11.8. The molecule has 3 heteroatoms. The Labute approximate surface area is 119 Å². The standard InChI is InChI=1S/C17H19NO2/c1-3-18(15-8-4-13(2)5-9-15)12-17(20)14-6-10-16(19)11-7-14/h4-11,19H,3,12H2,1-2H3. The maximum Gasteiger partial charge on any atom is 0.182 e. The molecule has 3 nitrogen and oxygen atoms in total. The van der Waals surface area contributed by atoms with Gasteiger partial charge < -0.3 is 10.0 Å². The molecule has 1 N–H and O–H groups in total. The van der Waals surface area contributed by atoms with E-state index in [4.69, 9.17) is 0 Å². The molecule has 2 aromatic carbocycles. The van der Waals surface area contributed by atoms with Crippen molar-refractivity contribution in [2.45, 2.75) is 13.8 Å². The molecule has 104 valence electrons. The molecule has 0 unspecified atom stereocenters. The molecule has 0 saturated heterocycles. The van der Waals surface area contributed by atoms with Crippen LogP contribution in [0.5, 0.6) is 5.75 Å². The molecule has 0 spiro atoms. The number of nitrogens with zero attached hydrogens (tertiary/aromatic N) is 1. The summed E-state index contributed by atoms with van der Waals surface area (Å²) in [6.07, 6.45) is 0. The molecular formula is C17H19NO2. The lowest BCUT2D eigenvalue weighted by atomic mass is 10.1. The zero-order chi connectivity index (χ0) is 14.5. The Morgan fingerprint density at radius 3 is 2.20 bits per heavy atom. The van der Waals surface area contributed by atoms with E-state index in [0.717, 1.165) is 12.2 Å². The monoisotopic (exact) mass is 269 g/mol. The smallest absolute Gasteiger partial charge is 0.182 e. The summed E-state index contributed by atoms with van der Waals surface area (Å²) in [5.74, 6) is 0.222. The minimum Gasteiger partial charge on any atom is -0.508 e. The van der Waals surface area contributed by atoms with Gasteiger partial charge in [0.05, 0.1) is 6.54 Å². The lowest BCUT2D eigenvalue weighted by Crippen LogP contribution is -2.29. The number of phenols is 1. The molecule has 0 saturated carbocycles. The Hall–Kier alpha value is -2.29. The highest BCUT2D eigenvalue weighted by Gasteiger charge is 2.11. The van der Waals surface area contributed by atoms with Crippen LogP contribution in [-0.2, 0) is 0 Å². The van der Waals surface area contributed by atoms with Crippen LogP contribution in [0.4, 0.5) is 5.69 Å². The predicted octanol–water partition coefficient (Wildman–Crippen LogP) is 3.41. The van der Waals surface area contributed by atoms with Crippen LogP contribution in [0.3, 0.4) is 0 Å². The van der Waals surface area contributed by atoms with Crippen LogP contribution in [0.15, 0.2) is 48.5 Å². The maximum absolute atomic E-state index is 12.2. The number of Topliss-reactive ketones (excluding diaryl/α,β-unsaturated/α-hetero) is 1. The molecule has 2 rings (SSSR count). The van der Waals surface area contributed by atoms with Crippen molar-refractivity contribution in [3.63, 3.8) is 0 Å². The minimum absolute atomic E-state index is 0.0485. The van der Waals surface area contributed by atoms with Crippen molar-refractivity contribution in [2.75, 3.05) is 18.0 Å². The highest BCUT2D eigenvalue weighted by atomic mass is 16.3. The third-order valence-corrected chi connectivity index (χ3v) is 3.30. The summed E-state index contributed by atoms with van der Waals surface area (Å²) in [6.45, 7) is 5.18. The minimum atomic E-state index is 0.0485. The van der Waals surface area contributed by atoms with Crippen LogP contribution >= 0.6 is 0 Å². The molecule has 0 heterocycles. The van der Waals surface area contributed by atoms with Crippen molar-refractivity contribution in [2.24, 2.45) is 0 Å². The van der Waals surface area contributed by atoms with E-state index in [2.05, 4.69) is 0 Å². The number of benzene rings is 2. The molecule has 0 fully saturated rings. The summed E-state index contributed by atoms with van der Waals surface area (Å²) in [6, 6.07) is 14.5. The van der Waals surface area contributed by atoms with Crippen molar-refractivity contribution < 1.29 is 9.90 Å². The van der Waals surface area contributed by atoms with Gasteiger partial charge in [0.15, 0.2) is 5.78 Å². The second kappa shape index (κ2) is 6.24. The number of hydrogen-bond acceptors (Lipinski definition) is 3. The van der Waals surface area contributed by atoms with E-state index in [-0.39, 0.29) is 11.5 Å². The van der Waals surface area contributed by atoms with Crippen LogP contribution < -0.4 is 4.90 Å². The van der Waals surface area contributed by atoms with E-state index in [0.29, 0.717) is 12.1 Å². The lowest BCUT2D eigenvalue weighted by Gasteiger charge is -2.22. The van der Waals surface area contributed by atoms with Crippen LogP contribution in [0.25, 0.3) is 0 Å². The third-order valence-electron chi connectivity index (χ3n) is 3.30. The number of hydrogen-bond donors (Lipinski definition) is 1. The van der Waals surface area contributed by atoms with Gasteiger partial charge in [-0.3, -0.25) is 4.79 Å². The Morgan fingerprint density at radius 1 is 1.05 bits per heavy atom. The van der Waals surface area contributed by atoms with Gasteiger partial charge in [-0.2, -0.15) is 0 Å². The van der Waals surface area contributed by atoms with E-state index in [1.165, 1.54) is 17.7 Å². The molecule has 0 radical (unpaired) electrons. The van der Waals surface area contributed by atoms with Gasteiger partial charge in [0.1, 0.15) is 5.75 Å². The van der Waals surface area contributed by atoms with E-state index in [1.54, 1.807) is 12.1 Å². The van der Waals surface area contributed by atoms with Crippen molar-refractivity contribution in [3.05, 3.63) is 59.7 Å². The fourth-order valence-corrected chi connectivity index (χ4v) is 2.05. The highest BCUT2D eigenvalue weighted by Crippen LogP contribution is 2.16.